The van der Waals surface area contributed by atoms with E-state index in [9.17, 15) is 4.79 Å². The number of hydrogen-bond acceptors (Lipinski definition) is 4. The summed E-state index contributed by atoms with van der Waals surface area (Å²) in [5, 5.41) is 2.98. The Morgan fingerprint density at radius 2 is 1.76 bits per heavy atom. The molecule has 0 unspecified atom stereocenters. The van der Waals surface area contributed by atoms with Crippen molar-refractivity contribution in [1.82, 2.24) is 8.75 Å². The monoisotopic (exact) mass is 297 g/mol. The number of fused-ring (bicyclic) bond motifs is 1. The van der Waals surface area contributed by atoms with E-state index in [1.54, 1.807) is 0 Å². The van der Waals surface area contributed by atoms with Crippen LogP contribution in [0.4, 0.5) is 5.69 Å². The zero-order valence-electron chi connectivity index (χ0n) is 12.1. The van der Waals surface area contributed by atoms with E-state index >= 15 is 0 Å². The molecule has 0 bridgehead atoms. The fourth-order valence-corrected chi connectivity index (χ4v) is 2.94. The zero-order chi connectivity index (χ0) is 15.0. The van der Waals surface area contributed by atoms with Gasteiger partial charge in [0.2, 0.25) is 0 Å². The summed E-state index contributed by atoms with van der Waals surface area (Å²) in [7, 11) is 0. The number of amides is 1. The first-order valence-corrected chi connectivity index (χ1v) is 7.39. The first-order valence-electron chi connectivity index (χ1n) is 6.66. The van der Waals surface area contributed by atoms with Gasteiger partial charge in [-0.25, -0.2) is 0 Å². The lowest BCUT2D eigenvalue weighted by Crippen LogP contribution is -2.13. The number of carbonyl (C=O) groups is 1. The van der Waals surface area contributed by atoms with Gasteiger partial charge in [-0.3, -0.25) is 4.79 Å². The molecule has 106 valence electrons. The van der Waals surface area contributed by atoms with E-state index in [1.807, 2.05) is 51.1 Å². The predicted octanol–water partition coefficient (Wildman–Crippen LogP) is 3.87. The van der Waals surface area contributed by atoms with Gasteiger partial charge in [0.1, 0.15) is 11.0 Å². The van der Waals surface area contributed by atoms with Crippen LogP contribution in [0, 0.1) is 20.8 Å². The lowest BCUT2D eigenvalue weighted by molar-refractivity contribution is 0.102. The molecule has 2 aromatic carbocycles. The van der Waals surface area contributed by atoms with Crippen molar-refractivity contribution in [3.05, 3.63) is 52.6 Å². The van der Waals surface area contributed by atoms with Crippen LogP contribution < -0.4 is 5.32 Å². The third kappa shape index (κ3) is 2.64. The summed E-state index contributed by atoms with van der Waals surface area (Å²) in [6, 6.07) is 9.68. The molecule has 3 aromatic rings. The van der Waals surface area contributed by atoms with Gasteiger partial charge in [0.15, 0.2) is 0 Å². The summed E-state index contributed by atoms with van der Waals surface area (Å²) >= 11 is 1.15. The molecule has 0 radical (unpaired) electrons. The Morgan fingerprint density at radius 1 is 1.05 bits per heavy atom. The number of nitrogens with one attached hydrogen (secondary N) is 1. The van der Waals surface area contributed by atoms with Gasteiger partial charge < -0.3 is 5.32 Å². The van der Waals surface area contributed by atoms with Gasteiger partial charge in [-0.15, -0.1) is 0 Å². The summed E-state index contributed by atoms with van der Waals surface area (Å²) in [6.45, 7) is 5.93. The van der Waals surface area contributed by atoms with Crippen LogP contribution in [0.15, 0.2) is 30.3 Å². The molecule has 1 heterocycles. The summed E-state index contributed by atoms with van der Waals surface area (Å²) in [4.78, 5) is 12.5. The molecule has 0 aliphatic heterocycles. The molecule has 0 atom stereocenters. The van der Waals surface area contributed by atoms with Crippen molar-refractivity contribution in [3.8, 4) is 0 Å². The highest BCUT2D eigenvalue weighted by atomic mass is 32.1. The van der Waals surface area contributed by atoms with E-state index in [-0.39, 0.29) is 5.91 Å². The number of benzene rings is 2. The first kappa shape index (κ1) is 13.7. The van der Waals surface area contributed by atoms with Gasteiger partial charge in [-0.1, -0.05) is 23.3 Å². The van der Waals surface area contributed by atoms with Crippen LogP contribution in [-0.4, -0.2) is 14.7 Å². The van der Waals surface area contributed by atoms with E-state index in [4.69, 9.17) is 0 Å². The summed E-state index contributed by atoms with van der Waals surface area (Å²) in [5.41, 5.74) is 6.08. The summed E-state index contributed by atoms with van der Waals surface area (Å²) in [6.07, 6.45) is 0. The molecule has 1 aromatic heterocycles. The molecule has 0 saturated carbocycles. The number of aromatic nitrogens is 2. The summed E-state index contributed by atoms with van der Waals surface area (Å²) < 4.78 is 8.49. The quantitative estimate of drug-likeness (QED) is 0.781. The fourth-order valence-electron chi connectivity index (χ4n) is 2.40. The van der Waals surface area contributed by atoms with Gasteiger partial charge in [-0.05, 0) is 44.5 Å². The van der Waals surface area contributed by atoms with Crippen molar-refractivity contribution in [1.29, 1.82) is 0 Å². The maximum absolute atomic E-state index is 12.5. The molecule has 0 saturated heterocycles. The molecular formula is C16H15N3OS. The highest BCUT2D eigenvalue weighted by Crippen LogP contribution is 2.26. The van der Waals surface area contributed by atoms with Crippen LogP contribution in [0.2, 0.25) is 0 Å². The second-order valence-electron chi connectivity index (χ2n) is 5.22. The third-order valence-electron chi connectivity index (χ3n) is 3.36. The maximum atomic E-state index is 12.5. The molecule has 0 aliphatic carbocycles. The van der Waals surface area contributed by atoms with Crippen LogP contribution in [-0.2, 0) is 0 Å². The SMILES string of the molecule is Cc1cc(C)cc(C(=O)Nc2c(C)ccc3nsnc23)c1. The van der Waals surface area contributed by atoms with Crippen molar-refractivity contribution >= 4 is 34.4 Å². The molecule has 0 spiro atoms. The second-order valence-corrected chi connectivity index (χ2v) is 5.75. The Hall–Kier alpha value is -2.27. The number of aryl methyl sites for hydroxylation is 3. The Kier molecular flexibility index (Phi) is 3.43. The van der Waals surface area contributed by atoms with Crippen LogP contribution in [0.1, 0.15) is 27.0 Å². The molecule has 21 heavy (non-hydrogen) atoms. The minimum atomic E-state index is -0.120. The molecule has 1 N–H and O–H groups in total. The van der Waals surface area contributed by atoms with Crippen LogP contribution in [0.3, 0.4) is 0 Å². The van der Waals surface area contributed by atoms with Crippen molar-refractivity contribution in [2.75, 3.05) is 5.32 Å². The lowest BCUT2D eigenvalue weighted by atomic mass is 10.1. The van der Waals surface area contributed by atoms with E-state index in [0.717, 1.165) is 45.1 Å². The van der Waals surface area contributed by atoms with Crippen LogP contribution in [0.25, 0.3) is 11.0 Å². The number of carbonyl (C=O) groups excluding carboxylic acids is 1. The largest absolute Gasteiger partial charge is 0.320 e. The van der Waals surface area contributed by atoms with E-state index < -0.39 is 0 Å². The van der Waals surface area contributed by atoms with Gasteiger partial charge in [0, 0.05) is 5.56 Å². The maximum Gasteiger partial charge on any atom is 0.255 e. The van der Waals surface area contributed by atoms with E-state index in [1.165, 1.54) is 0 Å². The van der Waals surface area contributed by atoms with Crippen LogP contribution in [0.5, 0.6) is 0 Å². The van der Waals surface area contributed by atoms with Gasteiger partial charge in [0.25, 0.3) is 5.91 Å². The summed E-state index contributed by atoms with van der Waals surface area (Å²) in [5.74, 6) is -0.120. The number of nitrogens with zero attached hydrogens (tertiary/aromatic N) is 2. The van der Waals surface area contributed by atoms with Crippen LogP contribution >= 0.6 is 11.7 Å². The highest BCUT2D eigenvalue weighted by Gasteiger charge is 2.13. The van der Waals surface area contributed by atoms with Crippen molar-refractivity contribution < 1.29 is 4.79 Å². The number of anilines is 1. The Morgan fingerprint density at radius 3 is 2.48 bits per heavy atom. The van der Waals surface area contributed by atoms with Gasteiger partial charge >= 0.3 is 0 Å². The molecular weight excluding hydrogens is 282 g/mol. The average Bonchev–Trinajstić information content (AvgIpc) is 2.89. The minimum absolute atomic E-state index is 0.120. The smallest absolute Gasteiger partial charge is 0.255 e. The first-order chi connectivity index (χ1) is 10.0. The molecule has 3 rings (SSSR count). The van der Waals surface area contributed by atoms with E-state index in [2.05, 4.69) is 14.1 Å². The topological polar surface area (TPSA) is 54.9 Å². The fraction of sp³-hybridized carbons (Fsp3) is 0.188. The van der Waals surface area contributed by atoms with Gasteiger partial charge in [0.05, 0.1) is 17.4 Å². The average molecular weight is 297 g/mol. The van der Waals surface area contributed by atoms with Crippen molar-refractivity contribution in [2.45, 2.75) is 20.8 Å². The third-order valence-corrected chi connectivity index (χ3v) is 3.90. The normalized spacial score (nSPS) is 10.8. The molecule has 0 aliphatic rings. The van der Waals surface area contributed by atoms with Crippen molar-refractivity contribution in [3.63, 3.8) is 0 Å². The predicted molar refractivity (Wildman–Crippen MR) is 86.0 cm³/mol. The zero-order valence-corrected chi connectivity index (χ0v) is 12.9. The molecule has 5 heteroatoms. The molecule has 4 nitrogen and oxygen atoms in total. The Balaban J connectivity index is 2.00. The molecule has 0 fully saturated rings. The Labute approximate surface area is 127 Å². The van der Waals surface area contributed by atoms with E-state index in [0.29, 0.717) is 5.56 Å². The van der Waals surface area contributed by atoms with Gasteiger partial charge in [-0.2, -0.15) is 8.75 Å². The standard InChI is InChI=1S/C16H15N3OS/c1-9-6-10(2)8-12(7-9)16(20)17-14-11(3)4-5-13-15(14)19-21-18-13/h4-8H,1-3H3,(H,17,20). The second kappa shape index (κ2) is 5.26. The lowest BCUT2D eigenvalue weighted by Gasteiger charge is -2.10. The van der Waals surface area contributed by atoms with Crippen molar-refractivity contribution in [2.24, 2.45) is 0 Å². The highest BCUT2D eigenvalue weighted by molar-refractivity contribution is 7.00. The minimum Gasteiger partial charge on any atom is -0.320 e. The Bertz CT molecular complexity index is 818. The number of hydrogen-bond donors (Lipinski definition) is 1. The molecule has 1 amide bonds. The number of rotatable bonds is 2.